The van der Waals surface area contributed by atoms with Gasteiger partial charge in [-0.15, -0.1) is 6.58 Å². The highest BCUT2D eigenvalue weighted by atomic mass is 16.3. The fraction of sp³-hybridized carbons (Fsp3) is 0.409. The summed E-state index contributed by atoms with van der Waals surface area (Å²) in [5.74, 6) is 0.172. The molecule has 2 rings (SSSR count). The molecule has 0 aliphatic carbocycles. The number of allylic oxidation sites excluding steroid dienone is 3. The maximum absolute atomic E-state index is 9.45. The summed E-state index contributed by atoms with van der Waals surface area (Å²) in [6.07, 6.45) is 6.80. The van der Waals surface area contributed by atoms with Crippen molar-refractivity contribution in [2.75, 3.05) is 6.61 Å². The molecule has 1 heterocycles. The van der Waals surface area contributed by atoms with Crippen LogP contribution in [0.3, 0.4) is 0 Å². The minimum Gasteiger partial charge on any atom is -0.396 e. The Labute approximate surface area is 146 Å². The normalized spacial score (nSPS) is 20.6. The van der Waals surface area contributed by atoms with Crippen molar-refractivity contribution in [3.05, 3.63) is 71.8 Å². The number of hydrogen-bond donors (Lipinski definition) is 1. The van der Waals surface area contributed by atoms with E-state index in [0.717, 1.165) is 16.8 Å². The minimum atomic E-state index is -0.0258. The Hall–Kier alpha value is -1.93. The van der Waals surface area contributed by atoms with Crippen molar-refractivity contribution in [3.63, 3.8) is 0 Å². The van der Waals surface area contributed by atoms with E-state index in [1.807, 2.05) is 6.08 Å². The van der Waals surface area contributed by atoms with Crippen molar-refractivity contribution in [3.8, 4) is 0 Å². The van der Waals surface area contributed by atoms with Gasteiger partial charge in [0.15, 0.2) is 0 Å². The molecule has 2 unspecified atom stereocenters. The van der Waals surface area contributed by atoms with Crippen molar-refractivity contribution in [2.24, 2.45) is 10.4 Å². The Bertz CT molecular complexity index is 688. The molecule has 1 aliphatic rings. The van der Waals surface area contributed by atoms with Crippen molar-refractivity contribution in [2.45, 2.75) is 46.1 Å². The predicted molar refractivity (Wildman–Crippen MR) is 104 cm³/mol. The molecule has 0 bridgehead atoms. The summed E-state index contributed by atoms with van der Waals surface area (Å²) in [7, 11) is 0. The van der Waals surface area contributed by atoms with E-state index in [0.29, 0.717) is 6.42 Å². The van der Waals surface area contributed by atoms with Crippen LogP contribution in [-0.2, 0) is 0 Å². The highest BCUT2D eigenvalue weighted by Crippen LogP contribution is 2.36. The molecule has 1 N–H and O–H groups in total. The Morgan fingerprint density at radius 1 is 1.33 bits per heavy atom. The van der Waals surface area contributed by atoms with Gasteiger partial charge in [-0.05, 0) is 36.0 Å². The van der Waals surface area contributed by atoms with Crippen LogP contribution in [0.1, 0.15) is 49.8 Å². The van der Waals surface area contributed by atoms with Crippen LogP contribution in [0.5, 0.6) is 0 Å². The lowest BCUT2D eigenvalue weighted by atomic mass is 9.80. The first-order valence-corrected chi connectivity index (χ1v) is 8.57. The number of aliphatic hydroxyl groups excluding tert-OH is 1. The van der Waals surface area contributed by atoms with E-state index < -0.39 is 0 Å². The Morgan fingerprint density at radius 3 is 2.62 bits per heavy atom. The van der Waals surface area contributed by atoms with Gasteiger partial charge in [-0.2, -0.15) is 0 Å². The molecular formula is C22H29NO. The fourth-order valence-electron chi connectivity index (χ4n) is 3.06. The third kappa shape index (κ3) is 4.12. The van der Waals surface area contributed by atoms with Gasteiger partial charge in [-0.3, -0.25) is 4.99 Å². The minimum absolute atomic E-state index is 0.0258. The van der Waals surface area contributed by atoms with Crippen LogP contribution in [0.2, 0.25) is 0 Å². The zero-order chi connectivity index (χ0) is 17.9. The topological polar surface area (TPSA) is 32.6 Å². The SMILES string of the molecule is C=CC1N=C(C(=C)/C=C\C(C)(C)C)c2cc(C)ccc2C1CCO. The maximum atomic E-state index is 9.45. The second-order valence-electron chi connectivity index (χ2n) is 7.64. The summed E-state index contributed by atoms with van der Waals surface area (Å²) in [6.45, 7) is 16.9. The van der Waals surface area contributed by atoms with Gasteiger partial charge >= 0.3 is 0 Å². The first-order valence-electron chi connectivity index (χ1n) is 8.57. The van der Waals surface area contributed by atoms with Gasteiger partial charge in [0, 0.05) is 18.1 Å². The molecule has 0 saturated carbocycles. The summed E-state index contributed by atoms with van der Waals surface area (Å²) >= 11 is 0. The second kappa shape index (κ2) is 7.31. The average molecular weight is 323 g/mol. The average Bonchev–Trinajstić information content (AvgIpc) is 2.52. The van der Waals surface area contributed by atoms with Crippen molar-refractivity contribution in [1.82, 2.24) is 0 Å². The second-order valence-corrected chi connectivity index (χ2v) is 7.64. The largest absolute Gasteiger partial charge is 0.396 e. The van der Waals surface area contributed by atoms with Crippen molar-refractivity contribution >= 4 is 5.71 Å². The Kier molecular flexibility index (Phi) is 5.61. The maximum Gasteiger partial charge on any atom is 0.0754 e. The first-order chi connectivity index (χ1) is 11.3. The lowest BCUT2D eigenvalue weighted by Crippen LogP contribution is -2.26. The van der Waals surface area contributed by atoms with E-state index in [1.165, 1.54) is 11.1 Å². The van der Waals surface area contributed by atoms with Crippen LogP contribution in [0.15, 0.2) is 60.2 Å². The van der Waals surface area contributed by atoms with Crippen LogP contribution in [0, 0.1) is 12.3 Å². The number of fused-ring (bicyclic) bond motifs is 1. The van der Waals surface area contributed by atoms with E-state index in [9.17, 15) is 5.11 Å². The number of aryl methyl sites for hydroxylation is 1. The molecule has 0 spiro atoms. The predicted octanol–water partition coefficient (Wildman–Crippen LogP) is 4.98. The van der Waals surface area contributed by atoms with E-state index in [1.54, 1.807) is 0 Å². The summed E-state index contributed by atoms with van der Waals surface area (Å²) in [5.41, 5.74) is 5.53. The van der Waals surface area contributed by atoms with Crippen molar-refractivity contribution < 1.29 is 5.11 Å². The van der Waals surface area contributed by atoms with Crippen LogP contribution in [0.4, 0.5) is 0 Å². The van der Waals surface area contributed by atoms with Gasteiger partial charge in [-0.25, -0.2) is 0 Å². The van der Waals surface area contributed by atoms with Crippen LogP contribution < -0.4 is 0 Å². The summed E-state index contributed by atoms with van der Waals surface area (Å²) < 4.78 is 0. The zero-order valence-electron chi connectivity index (χ0n) is 15.3. The third-order valence-corrected chi connectivity index (χ3v) is 4.32. The molecule has 2 heteroatoms. The smallest absolute Gasteiger partial charge is 0.0754 e. The van der Waals surface area contributed by atoms with E-state index in [2.05, 4.69) is 71.2 Å². The lowest BCUT2D eigenvalue weighted by molar-refractivity contribution is 0.271. The number of rotatable bonds is 5. The monoisotopic (exact) mass is 323 g/mol. The molecule has 0 aromatic heterocycles. The van der Waals surface area contributed by atoms with Crippen LogP contribution in [0.25, 0.3) is 0 Å². The van der Waals surface area contributed by atoms with Gasteiger partial charge in [-0.1, -0.05) is 63.3 Å². The molecule has 1 aromatic carbocycles. The summed E-state index contributed by atoms with van der Waals surface area (Å²) in [4.78, 5) is 4.92. The number of benzene rings is 1. The standard InChI is InChI=1S/C22H29NO/c1-7-20-18(11-13-24)17-9-8-15(2)14-19(17)21(23-20)16(3)10-12-22(4,5)6/h7-10,12,14,18,20,24H,1,3,11,13H2,2,4-6H3/b12-10-. The molecule has 0 saturated heterocycles. The Balaban J connectivity index is 2.51. The van der Waals surface area contributed by atoms with E-state index in [4.69, 9.17) is 4.99 Å². The zero-order valence-corrected chi connectivity index (χ0v) is 15.3. The number of hydrogen-bond acceptors (Lipinski definition) is 2. The van der Waals surface area contributed by atoms with Gasteiger partial charge in [0.2, 0.25) is 0 Å². The molecular weight excluding hydrogens is 294 g/mol. The fourth-order valence-corrected chi connectivity index (χ4v) is 3.06. The van der Waals surface area contributed by atoms with E-state index in [-0.39, 0.29) is 24.0 Å². The van der Waals surface area contributed by atoms with Crippen LogP contribution >= 0.6 is 0 Å². The van der Waals surface area contributed by atoms with Gasteiger partial charge < -0.3 is 5.11 Å². The molecule has 0 fully saturated rings. The molecule has 1 aliphatic heterocycles. The van der Waals surface area contributed by atoms with Gasteiger partial charge in [0.05, 0.1) is 11.8 Å². The number of nitrogens with zero attached hydrogens (tertiary/aromatic N) is 1. The molecule has 2 nitrogen and oxygen atoms in total. The summed E-state index contributed by atoms with van der Waals surface area (Å²) in [5, 5.41) is 9.45. The molecule has 2 atom stereocenters. The highest BCUT2D eigenvalue weighted by Gasteiger charge is 2.29. The number of aliphatic hydroxyl groups is 1. The number of aliphatic imine (C=N–C) groups is 1. The molecule has 1 aromatic rings. The van der Waals surface area contributed by atoms with Crippen molar-refractivity contribution in [1.29, 1.82) is 0 Å². The molecule has 0 amide bonds. The van der Waals surface area contributed by atoms with Gasteiger partial charge in [0.25, 0.3) is 0 Å². The lowest BCUT2D eigenvalue weighted by Gasteiger charge is -2.30. The van der Waals surface area contributed by atoms with Crippen LogP contribution in [-0.4, -0.2) is 23.5 Å². The Morgan fingerprint density at radius 2 is 2.04 bits per heavy atom. The van der Waals surface area contributed by atoms with E-state index >= 15 is 0 Å². The third-order valence-electron chi connectivity index (χ3n) is 4.32. The first kappa shape index (κ1) is 18.4. The summed E-state index contributed by atoms with van der Waals surface area (Å²) in [6, 6.07) is 6.44. The molecule has 128 valence electrons. The molecule has 24 heavy (non-hydrogen) atoms. The quantitative estimate of drug-likeness (QED) is 0.602. The van der Waals surface area contributed by atoms with Gasteiger partial charge in [0.1, 0.15) is 0 Å². The highest BCUT2D eigenvalue weighted by molar-refractivity contribution is 6.15. The molecule has 0 radical (unpaired) electrons.